The molecule has 2 fully saturated rings. The van der Waals surface area contributed by atoms with E-state index in [-0.39, 0.29) is 0 Å². The zero-order chi connectivity index (χ0) is 6.81. The molecule has 0 spiro atoms. The molecule has 4 heteroatoms. The molecule has 1 unspecified atom stereocenters. The Morgan fingerprint density at radius 1 is 1.50 bits per heavy atom. The smallest absolute Gasteiger partial charge is 0.110 e. The zero-order valence-electron chi connectivity index (χ0n) is 5.88. The van der Waals surface area contributed by atoms with Crippen molar-refractivity contribution in [1.29, 1.82) is 0 Å². The van der Waals surface area contributed by atoms with Crippen LogP contribution < -0.4 is 5.32 Å². The summed E-state index contributed by atoms with van der Waals surface area (Å²) in [7, 11) is 0. The lowest BCUT2D eigenvalue weighted by molar-refractivity contribution is -0.145. The van der Waals surface area contributed by atoms with Crippen molar-refractivity contribution in [3.63, 3.8) is 0 Å². The third-order valence-electron chi connectivity index (χ3n) is 1.82. The Morgan fingerprint density at radius 2 is 2.50 bits per heavy atom. The molecule has 0 saturated carbocycles. The highest BCUT2D eigenvalue weighted by Crippen LogP contribution is 2.10. The van der Waals surface area contributed by atoms with E-state index >= 15 is 0 Å². The largest absolute Gasteiger partial charge is 0.363 e. The molecule has 58 valence electrons. The highest BCUT2D eigenvalue weighted by Gasteiger charge is 2.25. The molecule has 2 heterocycles. The maximum atomic E-state index is 5.33. The van der Waals surface area contributed by atoms with E-state index in [1.807, 2.05) is 5.06 Å². The van der Waals surface area contributed by atoms with Crippen LogP contribution in [0.15, 0.2) is 0 Å². The minimum atomic E-state index is 0.294. The van der Waals surface area contributed by atoms with Crippen molar-refractivity contribution in [2.24, 2.45) is 0 Å². The number of hydroxylamine groups is 2. The van der Waals surface area contributed by atoms with Crippen LogP contribution in [0.4, 0.5) is 0 Å². The molecule has 1 N–H and O–H groups in total. The highest BCUT2D eigenvalue weighted by molar-refractivity contribution is 4.68. The monoisotopic (exact) mass is 144 g/mol. The van der Waals surface area contributed by atoms with Crippen LogP contribution in [0, 0.1) is 0 Å². The van der Waals surface area contributed by atoms with Gasteiger partial charge in [0, 0.05) is 6.54 Å². The maximum Gasteiger partial charge on any atom is 0.110 e. The lowest BCUT2D eigenvalue weighted by atomic mass is 10.4. The molecule has 4 nitrogen and oxygen atoms in total. The van der Waals surface area contributed by atoms with Crippen LogP contribution in [0.5, 0.6) is 0 Å². The standard InChI is InChI=1S/C6H12N2O2/c1-2-8(10-3-1)6-4-9-5-7-6/h6-7H,1-5H2. The van der Waals surface area contributed by atoms with Crippen LogP contribution in [0.1, 0.15) is 6.42 Å². The summed E-state index contributed by atoms with van der Waals surface area (Å²) in [6.45, 7) is 3.30. The summed E-state index contributed by atoms with van der Waals surface area (Å²) in [5, 5.41) is 5.14. The molecule has 0 radical (unpaired) electrons. The fraction of sp³-hybridized carbons (Fsp3) is 1.00. The van der Waals surface area contributed by atoms with Crippen molar-refractivity contribution in [2.75, 3.05) is 26.5 Å². The molecule has 0 aliphatic carbocycles. The Kier molecular flexibility index (Phi) is 1.86. The van der Waals surface area contributed by atoms with Crippen LogP contribution in [-0.2, 0) is 9.57 Å². The van der Waals surface area contributed by atoms with E-state index in [4.69, 9.17) is 9.57 Å². The molecular formula is C6H12N2O2. The molecule has 0 bridgehead atoms. The Bertz CT molecular complexity index is 94.3. The third-order valence-corrected chi connectivity index (χ3v) is 1.82. The summed E-state index contributed by atoms with van der Waals surface area (Å²) in [5.74, 6) is 0. The Morgan fingerprint density at radius 3 is 3.10 bits per heavy atom. The van der Waals surface area contributed by atoms with Crippen LogP contribution in [0.25, 0.3) is 0 Å². The highest BCUT2D eigenvalue weighted by atomic mass is 16.7. The Labute approximate surface area is 60.0 Å². The third kappa shape index (κ3) is 1.15. The average molecular weight is 144 g/mol. The van der Waals surface area contributed by atoms with Gasteiger partial charge in [-0.15, -0.1) is 0 Å². The van der Waals surface area contributed by atoms with Crippen molar-refractivity contribution in [1.82, 2.24) is 10.4 Å². The van der Waals surface area contributed by atoms with Gasteiger partial charge in [-0.25, -0.2) is 0 Å². The molecule has 2 saturated heterocycles. The lowest BCUT2D eigenvalue weighted by Gasteiger charge is -2.19. The molecule has 2 aliphatic heterocycles. The summed E-state index contributed by atoms with van der Waals surface area (Å²) >= 11 is 0. The van der Waals surface area contributed by atoms with E-state index in [2.05, 4.69) is 5.32 Å². The van der Waals surface area contributed by atoms with Gasteiger partial charge in [-0.2, -0.15) is 5.06 Å². The van der Waals surface area contributed by atoms with E-state index in [9.17, 15) is 0 Å². The second kappa shape index (κ2) is 2.84. The van der Waals surface area contributed by atoms with Crippen molar-refractivity contribution in [3.05, 3.63) is 0 Å². The van der Waals surface area contributed by atoms with Gasteiger partial charge >= 0.3 is 0 Å². The quantitative estimate of drug-likeness (QED) is 0.539. The van der Waals surface area contributed by atoms with Gasteiger partial charge in [0.2, 0.25) is 0 Å². The molecule has 2 rings (SSSR count). The van der Waals surface area contributed by atoms with E-state index in [0.717, 1.165) is 26.2 Å². The van der Waals surface area contributed by atoms with Gasteiger partial charge in [0.05, 0.1) is 19.9 Å². The van der Waals surface area contributed by atoms with Gasteiger partial charge in [-0.3, -0.25) is 10.2 Å². The van der Waals surface area contributed by atoms with Crippen molar-refractivity contribution < 1.29 is 9.57 Å². The van der Waals surface area contributed by atoms with Gasteiger partial charge in [0.1, 0.15) is 6.17 Å². The Balaban J connectivity index is 1.85. The molecule has 0 aromatic heterocycles. The van der Waals surface area contributed by atoms with Crippen molar-refractivity contribution in [3.8, 4) is 0 Å². The zero-order valence-corrected chi connectivity index (χ0v) is 5.88. The van der Waals surface area contributed by atoms with Gasteiger partial charge in [-0.1, -0.05) is 0 Å². The number of hydrogen-bond acceptors (Lipinski definition) is 4. The van der Waals surface area contributed by atoms with Crippen LogP contribution in [-0.4, -0.2) is 37.7 Å². The molecule has 1 atom stereocenters. The summed E-state index contributed by atoms with van der Waals surface area (Å²) < 4.78 is 5.14. The number of ether oxygens (including phenoxy) is 1. The van der Waals surface area contributed by atoms with E-state index in [0.29, 0.717) is 12.9 Å². The fourth-order valence-electron chi connectivity index (χ4n) is 1.28. The van der Waals surface area contributed by atoms with Gasteiger partial charge < -0.3 is 4.74 Å². The molecule has 2 aliphatic rings. The summed E-state index contributed by atoms with van der Waals surface area (Å²) in [5.41, 5.74) is 0. The number of hydrogen-bond donors (Lipinski definition) is 1. The number of nitrogens with zero attached hydrogens (tertiary/aromatic N) is 1. The second-order valence-corrected chi connectivity index (χ2v) is 2.56. The van der Waals surface area contributed by atoms with Gasteiger partial charge in [0.25, 0.3) is 0 Å². The first-order valence-corrected chi connectivity index (χ1v) is 3.67. The SMILES string of the molecule is C1CON(C2COCN2)C1. The first-order chi connectivity index (χ1) is 4.97. The summed E-state index contributed by atoms with van der Waals surface area (Å²) in [6, 6.07) is 0. The topological polar surface area (TPSA) is 33.7 Å². The fourth-order valence-corrected chi connectivity index (χ4v) is 1.28. The van der Waals surface area contributed by atoms with Crippen LogP contribution in [0.2, 0.25) is 0 Å². The van der Waals surface area contributed by atoms with Crippen LogP contribution in [0.3, 0.4) is 0 Å². The van der Waals surface area contributed by atoms with Gasteiger partial charge in [0.15, 0.2) is 0 Å². The maximum absolute atomic E-state index is 5.33. The minimum absolute atomic E-state index is 0.294. The number of rotatable bonds is 1. The molecule has 0 aromatic rings. The molecule has 10 heavy (non-hydrogen) atoms. The second-order valence-electron chi connectivity index (χ2n) is 2.56. The summed E-state index contributed by atoms with van der Waals surface area (Å²) in [6.07, 6.45) is 1.43. The van der Waals surface area contributed by atoms with E-state index in [1.165, 1.54) is 0 Å². The van der Waals surface area contributed by atoms with Crippen molar-refractivity contribution in [2.45, 2.75) is 12.6 Å². The van der Waals surface area contributed by atoms with Gasteiger partial charge in [-0.05, 0) is 6.42 Å². The predicted molar refractivity (Wildman–Crippen MR) is 35.0 cm³/mol. The predicted octanol–water partition coefficient (Wildman–Crippen LogP) is -0.473. The molecule has 0 aromatic carbocycles. The average Bonchev–Trinajstić information content (AvgIpc) is 2.59. The van der Waals surface area contributed by atoms with Crippen molar-refractivity contribution >= 4 is 0 Å². The molecular weight excluding hydrogens is 132 g/mol. The number of nitrogens with one attached hydrogen (secondary N) is 1. The van der Waals surface area contributed by atoms with E-state index in [1.54, 1.807) is 0 Å². The minimum Gasteiger partial charge on any atom is -0.363 e. The first kappa shape index (κ1) is 6.54. The molecule has 0 amide bonds. The lowest BCUT2D eigenvalue weighted by Crippen LogP contribution is -2.40. The van der Waals surface area contributed by atoms with E-state index < -0.39 is 0 Å². The summed E-state index contributed by atoms with van der Waals surface area (Å²) in [4.78, 5) is 5.33. The first-order valence-electron chi connectivity index (χ1n) is 3.67. The van der Waals surface area contributed by atoms with Crippen LogP contribution >= 0.6 is 0 Å². The Hall–Kier alpha value is -0.160. The normalized spacial score (nSPS) is 35.4.